The molecule has 1 amide bonds. The highest BCUT2D eigenvalue weighted by molar-refractivity contribution is 7.99. The lowest BCUT2D eigenvalue weighted by Crippen LogP contribution is -3.06. The normalized spacial score (nSPS) is 16.6. The molecule has 1 saturated carbocycles. The number of carbonyl (C=O) groups excluding carboxylic acids is 1. The average molecular weight is 285 g/mol. The third-order valence-electron chi connectivity index (χ3n) is 3.09. The zero-order chi connectivity index (χ0) is 13.8. The van der Waals surface area contributed by atoms with Gasteiger partial charge in [-0.05, 0) is 12.8 Å². The minimum atomic E-state index is 0.0394. The van der Waals surface area contributed by atoms with Crippen LogP contribution in [0, 0.1) is 0 Å². The van der Waals surface area contributed by atoms with Crippen molar-refractivity contribution in [3.8, 4) is 0 Å². The second-order valence-corrected chi connectivity index (χ2v) is 6.00. The first-order valence-electron chi connectivity index (χ1n) is 6.65. The Morgan fingerprint density at radius 3 is 2.84 bits per heavy atom. The number of hydrogen-bond acceptors (Lipinski definition) is 5. The van der Waals surface area contributed by atoms with E-state index in [4.69, 9.17) is 4.42 Å². The summed E-state index contributed by atoms with van der Waals surface area (Å²) in [4.78, 5) is 12.8. The number of quaternary nitrogens is 1. The highest BCUT2D eigenvalue weighted by Gasteiger charge is 2.25. The van der Waals surface area contributed by atoms with Gasteiger partial charge in [0.1, 0.15) is 0 Å². The monoisotopic (exact) mass is 285 g/mol. The summed E-state index contributed by atoms with van der Waals surface area (Å²) >= 11 is 1.30. The quantitative estimate of drug-likeness (QED) is 0.692. The summed E-state index contributed by atoms with van der Waals surface area (Å²) in [5.74, 6) is 1.02. The number of aromatic nitrogens is 2. The Morgan fingerprint density at radius 1 is 1.53 bits per heavy atom. The van der Waals surface area contributed by atoms with E-state index in [9.17, 15) is 4.79 Å². The van der Waals surface area contributed by atoms with Crippen LogP contribution in [0.5, 0.6) is 0 Å². The van der Waals surface area contributed by atoms with Gasteiger partial charge in [-0.1, -0.05) is 18.7 Å². The molecule has 0 radical (unpaired) electrons. The Labute approximate surface area is 117 Å². The number of carbonyl (C=O) groups is 1. The van der Waals surface area contributed by atoms with Crippen molar-refractivity contribution in [1.29, 1.82) is 0 Å². The fourth-order valence-electron chi connectivity index (χ4n) is 1.87. The summed E-state index contributed by atoms with van der Waals surface area (Å²) in [5.41, 5.74) is 0. The molecule has 106 valence electrons. The zero-order valence-corrected chi connectivity index (χ0v) is 12.4. The number of thioether (sulfide) groups is 1. The van der Waals surface area contributed by atoms with Gasteiger partial charge in [0.15, 0.2) is 6.04 Å². The molecule has 0 aliphatic heterocycles. The molecule has 2 N–H and O–H groups in total. The topological polar surface area (TPSA) is 72.5 Å². The maximum absolute atomic E-state index is 11.5. The lowest BCUT2D eigenvalue weighted by molar-refractivity contribution is -0.894. The highest BCUT2D eigenvalue weighted by Crippen LogP contribution is 2.21. The van der Waals surface area contributed by atoms with Crippen LogP contribution in [0.1, 0.15) is 38.1 Å². The molecule has 1 heterocycles. The molecule has 0 spiro atoms. The van der Waals surface area contributed by atoms with Gasteiger partial charge in [-0.25, -0.2) is 0 Å². The predicted molar refractivity (Wildman–Crippen MR) is 72.0 cm³/mol. The molecule has 1 atom stereocenters. The van der Waals surface area contributed by atoms with Crippen molar-refractivity contribution in [2.75, 3.05) is 19.8 Å². The first-order valence-corrected chi connectivity index (χ1v) is 7.64. The zero-order valence-electron chi connectivity index (χ0n) is 11.6. The largest absolute Gasteiger partial charge is 0.410 e. The molecule has 1 aliphatic carbocycles. The second kappa shape index (κ2) is 6.38. The standard InChI is InChI=1S/C12H20N4O2S/c1-4-9(16(2)3)11-14-15-12(18-11)19-7-10(17)13-8-5-6-8/h8-9H,4-7H2,1-3H3,(H,13,17)/p+1/t9-/m0/s1. The first kappa shape index (κ1) is 14.3. The van der Waals surface area contributed by atoms with Gasteiger partial charge in [-0.3, -0.25) is 4.79 Å². The molecule has 0 aromatic carbocycles. The Kier molecular flexibility index (Phi) is 4.81. The van der Waals surface area contributed by atoms with E-state index in [-0.39, 0.29) is 11.9 Å². The van der Waals surface area contributed by atoms with Crippen LogP contribution in [0.15, 0.2) is 9.64 Å². The fraction of sp³-hybridized carbons (Fsp3) is 0.750. The van der Waals surface area contributed by atoms with Crippen molar-refractivity contribution in [2.24, 2.45) is 0 Å². The molecule has 7 heteroatoms. The van der Waals surface area contributed by atoms with Gasteiger partial charge in [0.25, 0.3) is 11.1 Å². The minimum Gasteiger partial charge on any atom is -0.410 e. The maximum atomic E-state index is 11.5. The van der Waals surface area contributed by atoms with Crippen molar-refractivity contribution in [3.05, 3.63) is 5.89 Å². The van der Waals surface area contributed by atoms with Gasteiger partial charge in [-0.15, -0.1) is 10.2 Å². The Balaban J connectivity index is 1.84. The van der Waals surface area contributed by atoms with Gasteiger partial charge >= 0.3 is 0 Å². The average Bonchev–Trinajstić information content (AvgIpc) is 3.04. The van der Waals surface area contributed by atoms with Crippen LogP contribution in [0.4, 0.5) is 0 Å². The van der Waals surface area contributed by atoms with E-state index in [1.807, 2.05) is 0 Å². The van der Waals surface area contributed by atoms with Crippen LogP contribution >= 0.6 is 11.8 Å². The minimum absolute atomic E-state index is 0.0394. The van der Waals surface area contributed by atoms with Gasteiger partial charge in [0.2, 0.25) is 5.91 Å². The molecule has 1 fully saturated rings. The van der Waals surface area contributed by atoms with Crippen LogP contribution in [0.25, 0.3) is 0 Å². The van der Waals surface area contributed by atoms with Gasteiger partial charge in [-0.2, -0.15) is 0 Å². The lowest BCUT2D eigenvalue weighted by Gasteiger charge is -2.15. The van der Waals surface area contributed by atoms with E-state index in [0.29, 0.717) is 22.9 Å². The van der Waals surface area contributed by atoms with Gasteiger partial charge in [0.05, 0.1) is 19.8 Å². The van der Waals surface area contributed by atoms with Crippen molar-refractivity contribution in [3.63, 3.8) is 0 Å². The number of nitrogens with zero attached hydrogens (tertiary/aromatic N) is 2. The predicted octanol–water partition coefficient (Wildman–Crippen LogP) is 0.0359. The van der Waals surface area contributed by atoms with Crippen molar-refractivity contribution < 1.29 is 14.1 Å². The van der Waals surface area contributed by atoms with Crippen LogP contribution in [0.3, 0.4) is 0 Å². The molecule has 0 unspecified atom stereocenters. The third-order valence-corrected chi connectivity index (χ3v) is 3.91. The molecule has 0 bridgehead atoms. The second-order valence-electron chi connectivity index (χ2n) is 5.07. The van der Waals surface area contributed by atoms with E-state index >= 15 is 0 Å². The van der Waals surface area contributed by atoms with Crippen molar-refractivity contribution in [2.45, 2.75) is 43.5 Å². The van der Waals surface area contributed by atoms with Crippen molar-refractivity contribution >= 4 is 17.7 Å². The van der Waals surface area contributed by atoms with E-state index in [1.165, 1.54) is 16.7 Å². The molecule has 1 aromatic heterocycles. The third kappa shape index (κ3) is 4.21. The summed E-state index contributed by atoms with van der Waals surface area (Å²) < 4.78 is 5.61. The van der Waals surface area contributed by atoms with Gasteiger partial charge in [0, 0.05) is 12.5 Å². The molecular formula is C12H21N4O2S+. The molecule has 0 saturated heterocycles. The Hall–Kier alpha value is -1.08. The van der Waals surface area contributed by atoms with Crippen molar-refractivity contribution in [1.82, 2.24) is 15.5 Å². The van der Waals surface area contributed by atoms with Crippen LogP contribution in [-0.4, -0.2) is 42.0 Å². The van der Waals surface area contributed by atoms with E-state index in [2.05, 4.69) is 36.5 Å². The SMILES string of the molecule is CC[C@@H](c1nnc(SCC(=O)NC2CC2)o1)[NH+](C)C. The van der Waals surface area contributed by atoms with Crippen LogP contribution < -0.4 is 10.2 Å². The number of nitrogens with one attached hydrogen (secondary N) is 2. The summed E-state index contributed by atoms with van der Waals surface area (Å²) in [6.45, 7) is 2.10. The Bertz CT molecular complexity index is 431. The summed E-state index contributed by atoms with van der Waals surface area (Å²) in [6.07, 6.45) is 3.15. The van der Waals surface area contributed by atoms with Crippen LogP contribution in [-0.2, 0) is 4.79 Å². The number of hydrogen-bond donors (Lipinski definition) is 2. The number of rotatable bonds is 7. The number of amides is 1. The summed E-state index contributed by atoms with van der Waals surface area (Å²) in [6, 6.07) is 0.607. The highest BCUT2D eigenvalue weighted by atomic mass is 32.2. The molecular weight excluding hydrogens is 264 g/mol. The molecule has 2 rings (SSSR count). The van der Waals surface area contributed by atoms with E-state index in [0.717, 1.165) is 19.3 Å². The van der Waals surface area contributed by atoms with E-state index in [1.54, 1.807) is 0 Å². The molecule has 1 aliphatic rings. The van der Waals surface area contributed by atoms with Crippen LogP contribution in [0.2, 0.25) is 0 Å². The first-order chi connectivity index (χ1) is 9.10. The molecule has 6 nitrogen and oxygen atoms in total. The summed E-state index contributed by atoms with van der Waals surface area (Å²) in [5, 5.41) is 11.5. The smallest absolute Gasteiger partial charge is 0.277 e. The van der Waals surface area contributed by atoms with Gasteiger partial charge < -0.3 is 14.6 Å². The summed E-state index contributed by atoms with van der Waals surface area (Å²) in [7, 11) is 4.13. The molecule has 1 aromatic rings. The Morgan fingerprint density at radius 2 is 2.26 bits per heavy atom. The van der Waals surface area contributed by atoms with E-state index < -0.39 is 0 Å². The molecule has 19 heavy (non-hydrogen) atoms. The fourth-order valence-corrected chi connectivity index (χ4v) is 2.45. The maximum Gasteiger partial charge on any atom is 0.277 e. The lowest BCUT2D eigenvalue weighted by atomic mass is 10.2.